The van der Waals surface area contributed by atoms with Crippen molar-refractivity contribution in [2.75, 3.05) is 26.7 Å². The normalized spacial score (nSPS) is 23.0. The van der Waals surface area contributed by atoms with Gasteiger partial charge in [0.1, 0.15) is 5.82 Å². The molecule has 3 rings (SSSR count). The van der Waals surface area contributed by atoms with E-state index in [1.54, 1.807) is 12.1 Å². The number of likely N-dealkylation sites (tertiary alicyclic amines) is 1. The Balaban J connectivity index is 1.65. The predicted molar refractivity (Wildman–Crippen MR) is 93.3 cm³/mol. The molecule has 4 nitrogen and oxygen atoms in total. The Kier molecular flexibility index (Phi) is 5.19. The van der Waals surface area contributed by atoms with Gasteiger partial charge in [-0.25, -0.2) is 9.18 Å². The Morgan fingerprint density at radius 1 is 1.38 bits per heavy atom. The number of hydrogen-bond donors (Lipinski definition) is 1. The van der Waals surface area contributed by atoms with Crippen LogP contribution in [-0.2, 0) is 0 Å². The summed E-state index contributed by atoms with van der Waals surface area (Å²) in [6.07, 6.45) is 5.04. The van der Waals surface area contributed by atoms with Gasteiger partial charge in [0.2, 0.25) is 0 Å². The van der Waals surface area contributed by atoms with Gasteiger partial charge >= 0.3 is 6.03 Å². The smallest absolute Gasteiger partial charge is 0.318 e. The fourth-order valence-corrected chi connectivity index (χ4v) is 3.61. The summed E-state index contributed by atoms with van der Waals surface area (Å²) < 4.78 is 13.5. The Bertz CT molecular complexity index is 631. The monoisotopic (exact) mass is 331 g/mol. The molecule has 1 saturated heterocycles. The Morgan fingerprint density at radius 3 is 2.92 bits per heavy atom. The molecule has 1 fully saturated rings. The standard InChI is InChI=1S/C19H26FN3O/c1-14(15-8-11-22(2)12-9-15)21-19(24)23-10-4-7-18(23)16-5-3-6-17(20)13-16/h3,5-6,8,13-14,18H,4,7,9-12H2,1-2H3,(H,21,24)/t14-,18+/m0/s1. The van der Waals surface area contributed by atoms with Crippen LogP contribution in [0.25, 0.3) is 0 Å². The quantitative estimate of drug-likeness (QED) is 0.863. The van der Waals surface area contributed by atoms with E-state index >= 15 is 0 Å². The van der Waals surface area contributed by atoms with Crippen LogP contribution in [0.5, 0.6) is 0 Å². The average molecular weight is 331 g/mol. The van der Waals surface area contributed by atoms with E-state index in [-0.39, 0.29) is 23.9 Å². The lowest BCUT2D eigenvalue weighted by Gasteiger charge is -2.30. The van der Waals surface area contributed by atoms with Gasteiger partial charge in [-0.15, -0.1) is 0 Å². The van der Waals surface area contributed by atoms with E-state index in [4.69, 9.17) is 0 Å². The number of nitrogens with one attached hydrogen (secondary N) is 1. The number of carbonyl (C=O) groups is 1. The van der Waals surface area contributed by atoms with E-state index in [0.717, 1.165) is 44.5 Å². The second kappa shape index (κ2) is 7.34. The minimum absolute atomic E-state index is 0.0284. The molecule has 0 radical (unpaired) electrons. The van der Waals surface area contributed by atoms with Crippen LogP contribution in [0.4, 0.5) is 9.18 Å². The second-order valence-corrected chi connectivity index (χ2v) is 6.87. The van der Waals surface area contributed by atoms with Gasteiger partial charge in [-0.3, -0.25) is 0 Å². The molecule has 24 heavy (non-hydrogen) atoms. The molecule has 2 aliphatic heterocycles. The number of likely N-dealkylation sites (N-methyl/N-ethyl adjacent to an activating group) is 1. The van der Waals surface area contributed by atoms with Gasteiger partial charge in [0.05, 0.1) is 6.04 Å². The van der Waals surface area contributed by atoms with Crippen molar-refractivity contribution in [3.8, 4) is 0 Å². The number of halogens is 1. The topological polar surface area (TPSA) is 35.6 Å². The number of benzene rings is 1. The lowest BCUT2D eigenvalue weighted by molar-refractivity contribution is 0.190. The first-order valence-electron chi connectivity index (χ1n) is 8.74. The number of rotatable bonds is 3. The maximum atomic E-state index is 13.5. The highest BCUT2D eigenvalue weighted by molar-refractivity contribution is 5.75. The summed E-state index contributed by atoms with van der Waals surface area (Å²) in [5, 5.41) is 3.13. The molecule has 0 bridgehead atoms. The van der Waals surface area contributed by atoms with Crippen molar-refractivity contribution < 1.29 is 9.18 Å². The molecule has 2 heterocycles. The molecular formula is C19H26FN3O. The largest absolute Gasteiger partial charge is 0.332 e. The van der Waals surface area contributed by atoms with Crippen LogP contribution >= 0.6 is 0 Å². The first-order valence-corrected chi connectivity index (χ1v) is 8.74. The molecule has 5 heteroatoms. The number of urea groups is 1. The van der Waals surface area contributed by atoms with Gasteiger partial charge in [0, 0.05) is 25.7 Å². The average Bonchev–Trinajstić information content (AvgIpc) is 3.05. The van der Waals surface area contributed by atoms with Crippen molar-refractivity contribution in [3.63, 3.8) is 0 Å². The minimum atomic E-state index is -0.246. The third-order valence-corrected chi connectivity index (χ3v) is 5.09. The summed E-state index contributed by atoms with van der Waals surface area (Å²) >= 11 is 0. The van der Waals surface area contributed by atoms with Crippen molar-refractivity contribution in [3.05, 3.63) is 47.3 Å². The highest BCUT2D eigenvalue weighted by Crippen LogP contribution is 2.32. The number of carbonyl (C=O) groups excluding carboxylic acids is 1. The zero-order chi connectivity index (χ0) is 17.1. The molecule has 1 N–H and O–H groups in total. The predicted octanol–water partition coefficient (Wildman–Crippen LogP) is 3.32. The third kappa shape index (κ3) is 3.78. The second-order valence-electron chi connectivity index (χ2n) is 6.87. The van der Waals surface area contributed by atoms with Crippen LogP contribution in [0.15, 0.2) is 35.9 Å². The van der Waals surface area contributed by atoms with Crippen molar-refractivity contribution in [2.45, 2.75) is 38.3 Å². The molecule has 0 saturated carbocycles. The van der Waals surface area contributed by atoms with Crippen LogP contribution in [0.1, 0.15) is 37.8 Å². The summed E-state index contributed by atoms with van der Waals surface area (Å²) in [6.45, 7) is 4.73. The molecule has 1 aromatic carbocycles. The van der Waals surface area contributed by atoms with E-state index in [2.05, 4.69) is 23.3 Å². The molecule has 2 aliphatic rings. The van der Waals surface area contributed by atoms with Crippen LogP contribution in [0, 0.1) is 5.82 Å². The Morgan fingerprint density at radius 2 is 2.21 bits per heavy atom. The van der Waals surface area contributed by atoms with Crippen LogP contribution in [-0.4, -0.2) is 48.6 Å². The van der Waals surface area contributed by atoms with Gasteiger partial charge in [0.15, 0.2) is 0 Å². The molecule has 0 unspecified atom stereocenters. The van der Waals surface area contributed by atoms with E-state index in [0.29, 0.717) is 0 Å². The summed E-state index contributed by atoms with van der Waals surface area (Å²) in [5.41, 5.74) is 2.18. The maximum Gasteiger partial charge on any atom is 0.318 e. The van der Waals surface area contributed by atoms with Crippen LogP contribution in [0.3, 0.4) is 0 Å². The molecule has 0 aliphatic carbocycles. The van der Waals surface area contributed by atoms with Gasteiger partial charge in [-0.05, 0) is 56.5 Å². The number of nitrogens with zero attached hydrogens (tertiary/aromatic N) is 2. The summed E-state index contributed by atoms with van der Waals surface area (Å²) in [6, 6.07) is 6.57. The van der Waals surface area contributed by atoms with Crippen molar-refractivity contribution in [2.24, 2.45) is 0 Å². The fraction of sp³-hybridized carbons (Fsp3) is 0.526. The van der Waals surface area contributed by atoms with Crippen LogP contribution < -0.4 is 5.32 Å². The van der Waals surface area contributed by atoms with E-state index in [1.165, 1.54) is 11.6 Å². The first-order chi connectivity index (χ1) is 11.5. The maximum absolute atomic E-state index is 13.5. The zero-order valence-corrected chi connectivity index (χ0v) is 14.5. The first kappa shape index (κ1) is 17.0. The highest BCUT2D eigenvalue weighted by Gasteiger charge is 2.31. The fourth-order valence-electron chi connectivity index (χ4n) is 3.61. The molecular weight excluding hydrogens is 305 g/mol. The van der Waals surface area contributed by atoms with E-state index in [9.17, 15) is 9.18 Å². The van der Waals surface area contributed by atoms with Gasteiger partial charge in [-0.1, -0.05) is 18.2 Å². The molecule has 2 amide bonds. The Labute approximate surface area is 143 Å². The SMILES string of the molecule is C[C@H](NC(=O)N1CCC[C@@H]1c1cccc(F)c1)C1=CCN(C)CC1. The summed E-state index contributed by atoms with van der Waals surface area (Å²) in [4.78, 5) is 16.8. The van der Waals surface area contributed by atoms with Gasteiger partial charge in [-0.2, -0.15) is 0 Å². The van der Waals surface area contributed by atoms with Crippen molar-refractivity contribution in [1.29, 1.82) is 0 Å². The number of hydrogen-bond acceptors (Lipinski definition) is 2. The molecule has 2 atom stereocenters. The molecule has 130 valence electrons. The zero-order valence-electron chi connectivity index (χ0n) is 14.5. The summed E-state index contributed by atoms with van der Waals surface area (Å²) in [7, 11) is 2.10. The Hall–Kier alpha value is -1.88. The van der Waals surface area contributed by atoms with Gasteiger partial charge in [0.25, 0.3) is 0 Å². The molecule has 1 aromatic rings. The summed E-state index contributed by atoms with van der Waals surface area (Å²) in [5.74, 6) is -0.246. The lowest BCUT2D eigenvalue weighted by atomic mass is 10.0. The van der Waals surface area contributed by atoms with E-state index < -0.39 is 0 Å². The van der Waals surface area contributed by atoms with Crippen molar-refractivity contribution in [1.82, 2.24) is 15.1 Å². The minimum Gasteiger partial charge on any atom is -0.332 e. The lowest BCUT2D eigenvalue weighted by Crippen LogP contribution is -2.45. The molecule has 0 spiro atoms. The van der Waals surface area contributed by atoms with Gasteiger partial charge < -0.3 is 15.1 Å². The third-order valence-electron chi connectivity index (χ3n) is 5.09. The van der Waals surface area contributed by atoms with E-state index in [1.807, 2.05) is 17.9 Å². The highest BCUT2D eigenvalue weighted by atomic mass is 19.1. The number of amides is 2. The van der Waals surface area contributed by atoms with Crippen molar-refractivity contribution >= 4 is 6.03 Å². The molecule has 0 aromatic heterocycles. The van der Waals surface area contributed by atoms with Crippen LogP contribution in [0.2, 0.25) is 0 Å².